The van der Waals surface area contributed by atoms with E-state index in [4.69, 9.17) is 4.74 Å². The molecule has 4 aromatic carbocycles. The van der Waals surface area contributed by atoms with Gasteiger partial charge in [-0.2, -0.15) is 0 Å². The van der Waals surface area contributed by atoms with Gasteiger partial charge in [-0.15, -0.1) is 0 Å². The molecule has 3 saturated heterocycles. The van der Waals surface area contributed by atoms with Crippen molar-refractivity contribution in [1.29, 1.82) is 0 Å². The van der Waals surface area contributed by atoms with Crippen molar-refractivity contribution in [3.05, 3.63) is 125 Å². The molecule has 0 aliphatic carbocycles. The fraction of sp³-hybridized carbons (Fsp3) is 0.348. The summed E-state index contributed by atoms with van der Waals surface area (Å²) in [6.07, 6.45) is 1.37. The Hall–Kier alpha value is -5.96. The Morgan fingerprint density at radius 1 is 0.783 bits per heavy atom. The SMILES string of the molecule is CC/C(=C(\c1ccc(OCCN2CCN(C(=O)N3CCN(c4ccc5c(c4)CN([C@@H]4CCC(=O)NC4=O)C5=O)CC3)CC2)cc1)c1ccc(B(O)O)cc1)c1ccccc1. The summed E-state index contributed by atoms with van der Waals surface area (Å²) in [5, 5.41) is 21.7. The van der Waals surface area contributed by atoms with Crippen molar-refractivity contribution in [2.45, 2.75) is 38.8 Å². The lowest BCUT2D eigenvalue weighted by Crippen LogP contribution is -2.57. The van der Waals surface area contributed by atoms with Crippen LogP contribution in [0.2, 0.25) is 0 Å². The number of allylic oxidation sites excluding steroid dienone is 1. The monoisotopic (exact) mass is 810 g/mol. The van der Waals surface area contributed by atoms with Crippen LogP contribution in [0.4, 0.5) is 10.5 Å². The van der Waals surface area contributed by atoms with E-state index in [9.17, 15) is 29.2 Å². The Balaban J connectivity index is 0.801. The van der Waals surface area contributed by atoms with E-state index in [2.05, 4.69) is 46.3 Å². The number of piperazine rings is 2. The van der Waals surface area contributed by atoms with Gasteiger partial charge < -0.3 is 34.4 Å². The van der Waals surface area contributed by atoms with E-state index in [1.807, 2.05) is 70.5 Å². The number of hydrogen-bond donors (Lipinski definition) is 3. The molecular weight excluding hydrogens is 759 g/mol. The molecule has 3 fully saturated rings. The van der Waals surface area contributed by atoms with E-state index in [1.54, 1.807) is 17.0 Å². The minimum Gasteiger partial charge on any atom is -0.492 e. The molecule has 4 aliphatic heterocycles. The molecule has 310 valence electrons. The molecule has 4 aliphatic rings. The fourth-order valence-electron chi connectivity index (χ4n) is 8.79. The molecule has 60 heavy (non-hydrogen) atoms. The summed E-state index contributed by atoms with van der Waals surface area (Å²) >= 11 is 0. The highest BCUT2D eigenvalue weighted by Crippen LogP contribution is 2.35. The molecule has 0 spiro atoms. The topological polar surface area (TPSA) is 146 Å². The first-order chi connectivity index (χ1) is 29.2. The number of nitrogens with zero attached hydrogens (tertiary/aromatic N) is 5. The number of anilines is 1. The lowest BCUT2D eigenvalue weighted by molar-refractivity contribution is -0.136. The smallest absolute Gasteiger partial charge is 0.488 e. The quantitative estimate of drug-likeness (QED) is 0.118. The molecule has 4 heterocycles. The second-order valence-corrected chi connectivity index (χ2v) is 15.8. The van der Waals surface area contributed by atoms with Crippen LogP contribution >= 0.6 is 0 Å². The van der Waals surface area contributed by atoms with Gasteiger partial charge in [0, 0.05) is 83.1 Å². The summed E-state index contributed by atoms with van der Waals surface area (Å²) in [5.74, 6) is -0.113. The summed E-state index contributed by atoms with van der Waals surface area (Å²) in [4.78, 5) is 60.8. The van der Waals surface area contributed by atoms with E-state index in [1.165, 1.54) is 5.57 Å². The number of rotatable bonds is 11. The Kier molecular flexibility index (Phi) is 12.3. The molecule has 0 aromatic heterocycles. The standard InChI is InChI=1S/C46H51BN6O7/c1-2-39(32-6-4-3-5-7-32)43(33-8-12-36(13-9-33)47(58)59)34-10-15-38(16-11-34)60-29-28-49-20-22-51(23-21-49)46(57)52-26-24-50(25-27-52)37-14-17-40-35(30-37)31-53(45(40)56)41-18-19-42(54)48-44(41)55/h3-17,30,41,58-59H,2,18-29,31H2,1H3,(H,48,54,55)/b43-39+/t41-/m1/s1. The molecule has 4 aromatic rings. The Labute approximate surface area is 351 Å². The van der Waals surface area contributed by atoms with Crippen molar-refractivity contribution in [3.63, 3.8) is 0 Å². The van der Waals surface area contributed by atoms with E-state index in [0.717, 1.165) is 65.3 Å². The molecule has 3 N–H and O–H groups in total. The van der Waals surface area contributed by atoms with Gasteiger partial charge >= 0.3 is 13.1 Å². The van der Waals surface area contributed by atoms with Crippen LogP contribution < -0.4 is 20.4 Å². The van der Waals surface area contributed by atoms with Crippen molar-refractivity contribution in [2.24, 2.45) is 0 Å². The third-order valence-corrected chi connectivity index (χ3v) is 12.2. The second kappa shape index (κ2) is 18.1. The number of urea groups is 1. The van der Waals surface area contributed by atoms with E-state index in [-0.39, 0.29) is 24.3 Å². The maximum Gasteiger partial charge on any atom is 0.488 e. The number of amides is 5. The first-order valence-electron chi connectivity index (χ1n) is 20.9. The second-order valence-electron chi connectivity index (χ2n) is 15.8. The number of hydrogen-bond acceptors (Lipinski definition) is 9. The number of nitrogens with one attached hydrogen (secondary N) is 1. The molecule has 0 bridgehead atoms. The van der Waals surface area contributed by atoms with E-state index >= 15 is 0 Å². The largest absolute Gasteiger partial charge is 0.492 e. The molecule has 14 heteroatoms. The first-order valence-corrected chi connectivity index (χ1v) is 20.9. The van der Waals surface area contributed by atoms with Crippen molar-refractivity contribution in [1.82, 2.24) is 24.9 Å². The van der Waals surface area contributed by atoms with Gasteiger partial charge in [0.1, 0.15) is 18.4 Å². The Morgan fingerprint density at radius 3 is 2.07 bits per heavy atom. The number of piperidine rings is 1. The van der Waals surface area contributed by atoms with Crippen LogP contribution in [0.25, 0.3) is 11.1 Å². The van der Waals surface area contributed by atoms with Gasteiger partial charge in [0.25, 0.3) is 5.91 Å². The number of benzene rings is 4. The van der Waals surface area contributed by atoms with Crippen molar-refractivity contribution in [2.75, 3.05) is 70.4 Å². The average molecular weight is 811 g/mol. The molecule has 13 nitrogen and oxygen atoms in total. The predicted octanol–water partition coefficient (Wildman–Crippen LogP) is 3.44. The summed E-state index contributed by atoms with van der Waals surface area (Å²) in [5.41, 5.74) is 8.36. The highest BCUT2D eigenvalue weighted by Gasteiger charge is 2.39. The zero-order chi connectivity index (χ0) is 41.8. The maximum absolute atomic E-state index is 13.5. The Bertz CT molecular complexity index is 2240. The molecule has 0 saturated carbocycles. The first kappa shape index (κ1) is 40.8. The average Bonchev–Trinajstić information content (AvgIpc) is 3.60. The zero-order valence-electron chi connectivity index (χ0n) is 34.0. The summed E-state index contributed by atoms with van der Waals surface area (Å²) in [6, 6.07) is 31.1. The Morgan fingerprint density at radius 2 is 1.43 bits per heavy atom. The van der Waals surface area contributed by atoms with Gasteiger partial charge in [0.05, 0.1) is 0 Å². The summed E-state index contributed by atoms with van der Waals surface area (Å²) < 4.78 is 6.20. The summed E-state index contributed by atoms with van der Waals surface area (Å²) in [6.45, 7) is 9.20. The van der Waals surface area contributed by atoms with Crippen LogP contribution in [-0.2, 0) is 16.1 Å². The molecule has 0 unspecified atom stereocenters. The van der Waals surface area contributed by atoms with Crippen LogP contribution in [0, 0.1) is 0 Å². The molecule has 8 rings (SSSR count). The number of carbonyl (C=O) groups is 4. The lowest BCUT2D eigenvalue weighted by Gasteiger charge is -2.41. The van der Waals surface area contributed by atoms with Crippen molar-refractivity contribution in [3.8, 4) is 5.75 Å². The van der Waals surface area contributed by atoms with Crippen molar-refractivity contribution < 1.29 is 34.0 Å². The van der Waals surface area contributed by atoms with Gasteiger partial charge in [-0.1, -0.05) is 73.7 Å². The number of imide groups is 1. The molecular formula is C46H51BN6O7. The van der Waals surface area contributed by atoms with Crippen LogP contribution in [-0.4, -0.2) is 132 Å². The van der Waals surface area contributed by atoms with Gasteiger partial charge in [0.15, 0.2) is 0 Å². The third-order valence-electron chi connectivity index (χ3n) is 12.2. The predicted molar refractivity (Wildman–Crippen MR) is 231 cm³/mol. The minimum absolute atomic E-state index is 0.0684. The van der Waals surface area contributed by atoms with Gasteiger partial charge in [-0.05, 0) is 82.0 Å². The van der Waals surface area contributed by atoms with Crippen LogP contribution in [0.1, 0.15) is 58.8 Å². The van der Waals surface area contributed by atoms with Gasteiger partial charge in [-0.3, -0.25) is 24.6 Å². The number of carbonyl (C=O) groups excluding carboxylic acids is 4. The highest BCUT2D eigenvalue weighted by molar-refractivity contribution is 6.58. The number of fused-ring (bicyclic) bond motifs is 1. The van der Waals surface area contributed by atoms with Gasteiger partial charge in [-0.25, -0.2) is 4.79 Å². The molecule has 1 atom stereocenters. The highest BCUT2D eigenvalue weighted by atomic mass is 16.5. The third kappa shape index (κ3) is 8.81. The summed E-state index contributed by atoms with van der Waals surface area (Å²) in [7, 11) is -1.52. The van der Waals surface area contributed by atoms with Crippen LogP contribution in [0.15, 0.2) is 97.1 Å². The van der Waals surface area contributed by atoms with Crippen LogP contribution in [0.3, 0.4) is 0 Å². The molecule has 5 amide bonds. The molecule has 0 radical (unpaired) electrons. The van der Waals surface area contributed by atoms with E-state index < -0.39 is 19.1 Å². The lowest BCUT2D eigenvalue weighted by atomic mass is 9.79. The van der Waals surface area contributed by atoms with Crippen LogP contribution in [0.5, 0.6) is 5.75 Å². The number of ether oxygens (including phenoxy) is 1. The fourth-order valence-corrected chi connectivity index (χ4v) is 8.79. The maximum atomic E-state index is 13.5. The van der Waals surface area contributed by atoms with E-state index in [0.29, 0.717) is 69.9 Å². The van der Waals surface area contributed by atoms with Gasteiger partial charge in [0.2, 0.25) is 11.8 Å². The van der Waals surface area contributed by atoms with Crippen molar-refractivity contribution >= 4 is 53.2 Å². The zero-order valence-corrected chi connectivity index (χ0v) is 34.0. The normalized spacial score (nSPS) is 18.9. The minimum atomic E-state index is -1.52.